The molecule has 0 aliphatic carbocycles. The van der Waals surface area contributed by atoms with E-state index >= 15 is 0 Å². The summed E-state index contributed by atoms with van der Waals surface area (Å²) in [7, 11) is 1.40. The van der Waals surface area contributed by atoms with Crippen LogP contribution in [0, 0.1) is 5.92 Å². The fourth-order valence-corrected chi connectivity index (χ4v) is 1.97. The Balaban J connectivity index is 2.17. The monoisotopic (exact) mass is 214 g/mol. The third kappa shape index (κ3) is 4.08. The highest BCUT2D eigenvalue weighted by atomic mass is 16.5. The molecule has 1 aliphatic rings. The Kier molecular flexibility index (Phi) is 4.88. The number of nitrogens with one attached hydrogen (secondary N) is 1. The van der Waals surface area contributed by atoms with Gasteiger partial charge in [0.2, 0.25) is 0 Å². The van der Waals surface area contributed by atoms with Crippen molar-refractivity contribution in [1.82, 2.24) is 10.2 Å². The van der Waals surface area contributed by atoms with Gasteiger partial charge in [0.25, 0.3) is 0 Å². The van der Waals surface area contributed by atoms with Gasteiger partial charge in [-0.3, -0.25) is 0 Å². The molecule has 0 bridgehead atoms. The average Bonchev–Trinajstić information content (AvgIpc) is 2.26. The molecule has 1 rings (SSSR count). The number of rotatable bonds is 3. The molecule has 88 valence electrons. The largest absolute Gasteiger partial charge is 0.453 e. The maximum absolute atomic E-state index is 10.9. The molecular weight excluding hydrogens is 192 g/mol. The molecule has 1 heterocycles. The van der Waals surface area contributed by atoms with Crippen LogP contribution in [-0.2, 0) is 4.74 Å². The lowest BCUT2D eigenvalue weighted by Gasteiger charge is -2.34. The Hall–Kier alpha value is -0.770. The second kappa shape index (κ2) is 5.95. The summed E-state index contributed by atoms with van der Waals surface area (Å²) in [6.07, 6.45) is 2.02. The van der Waals surface area contributed by atoms with Gasteiger partial charge in [-0.1, -0.05) is 0 Å². The molecule has 15 heavy (non-hydrogen) atoms. The molecule has 1 fully saturated rings. The summed E-state index contributed by atoms with van der Waals surface area (Å²) in [6.45, 7) is 7.50. The molecule has 0 aromatic heterocycles. The third-order valence-corrected chi connectivity index (χ3v) is 3.10. The highest BCUT2D eigenvalue weighted by Crippen LogP contribution is 2.17. The lowest BCUT2D eigenvalue weighted by atomic mass is 9.96. The molecule has 0 spiro atoms. The van der Waals surface area contributed by atoms with Crippen molar-refractivity contribution in [1.29, 1.82) is 0 Å². The standard InChI is InChI=1S/C11H22N2O2/c1-9(2)13-6-4-10(5-7-13)8-12-11(14)15-3/h9-10H,4-8H2,1-3H3,(H,12,14). The average molecular weight is 214 g/mol. The van der Waals surface area contributed by atoms with Crippen molar-refractivity contribution >= 4 is 6.09 Å². The molecule has 0 unspecified atom stereocenters. The Morgan fingerprint density at radius 3 is 2.53 bits per heavy atom. The van der Waals surface area contributed by atoms with E-state index in [4.69, 9.17) is 0 Å². The number of piperidine rings is 1. The van der Waals surface area contributed by atoms with Gasteiger partial charge in [-0.05, 0) is 45.7 Å². The van der Waals surface area contributed by atoms with Crippen LogP contribution in [0.5, 0.6) is 0 Å². The number of nitrogens with zero attached hydrogens (tertiary/aromatic N) is 1. The number of methoxy groups -OCH3 is 1. The van der Waals surface area contributed by atoms with E-state index in [-0.39, 0.29) is 6.09 Å². The number of ether oxygens (including phenoxy) is 1. The van der Waals surface area contributed by atoms with Crippen molar-refractivity contribution in [2.45, 2.75) is 32.7 Å². The Labute approximate surface area is 92.0 Å². The number of alkyl carbamates (subject to hydrolysis) is 1. The van der Waals surface area contributed by atoms with Gasteiger partial charge in [0.1, 0.15) is 0 Å². The van der Waals surface area contributed by atoms with E-state index in [0.717, 1.165) is 19.6 Å². The van der Waals surface area contributed by atoms with Crippen LogP contribution < -0.4 is 5.32 Å². The van der Waals surface area contributed by atoms with Gasteiger partial charge in [0.15, 0.2) is 0 Å². The first-order chi connectivity index (χ1) is 7.13. The maximum Gasteiger partial charge on any atom is 0.406 e. The molecule has 1 amide bonds. The van der Waals surface area contributed by atoms with E-state index in [2.05, 4.69) is 28.8 Å². The topological polar surface area (TPSA) is 41.6 Å². The van der Waals surface area contributed by atoms with Crippen LogP contribution in [0.1, 0.15) is 26.7 Å². The third-order valence-electron chi connectivity index (χ3n) is 3.10. The van der Waals surface area contributed by atoms with Gasteiger partial charge in [0.05, 0.1) is 7.11 Å². The van der Waals surface area contributed by atoms with Crippen molar-refractivity contribution in [3.05, 3.63) is 0 Å². The summed E-state index contributed by atoms with van der Waals surface area (Å²) in [4.78, 5) is 13.4. The molecule has 4 heteroatoms. The molecule has 1 aliphatic heterocycles. The lowest BCUT2D eigenvalue weighted by molar-refractivity contribution is 0.141. The van der Waals surface area contributed by atoms with Crippen molar-refractivity contribution in [2.24, 2.45) is 5.92 Å². The van der Waals surface area contributed by atoms with Gasteiger partial charge >= 0.3 is 6.09 Å². The maximum atomic E-state index is 10.9. The van der Waals surface area contributed by atoms with E-state index < -0.39 is 0 Å². The molecule has 1 saturated heterocycles. The normalized spacial score (nSPS) is 19.2. The SMILES string of the molecule is COC(=O)NCC1CCN(C(C)C)CC1. The summed E-state index contributed by atoms with van der Waals surface area (Å²) in [5.41, 5.74) is 0. The Morgan fingerprint density at radius 2 is 2.07 bits per heavy atom. The van der Waals surface area contributed by atoms with Crippen LogP contribution in [0.15, 0.2) is 0 Å². The first-order valence-electron chi connectivity index (χ1n) is 5.69. The Bertz CT molecular complexity index is 199. The van der Waals surface area contributed by atoms with Gasteiger partial charge in [0, 0.05) is 12.6 Å². The van der Waals surface area contributed by atoms with Crippen LogP contribution in [-0.4, -0.2) is 43.8 Å². The van der Waals surface area contributed by atoms with Gasteiger partial charge in [-0.25, -0.2) is 4.79 Å². The van der Waals surface area contributed by atoms with E-state index in [1.165, 1.54) is 20.0 Å². The smallest absolute Gasteiger partial charge is 0.406 e. The number of hydrogen-bond donors (Lipinski definition) is 1. The molecule has 1 N–H and O–H groups in total. The zero-order chi connectivity index (χ0) is 11.3. The number of amides is 1. The zero-order valence-corrected chi connectivity index (χ0v) is 9.95. The molecule has 0 saturated carbocycles. The first-order valence-corrected chi connectivity index (χ1v) is 5.69. The number of hydrogen-bond acceptors (Lipinski definition) is 3. The summed E-state index contributed by atoms with van der Waals surface area (Å²) in [5.74, 6) is 0.610. The number of carbonyl (C=O) groups excluding carboxylic acids is 1. The van der Waals surface area contributed by atoms with Crippen LogP contribution in [0.2, 0.25) is 0 Å². The van der Waals surface area contributed by atoms with Gasteiger partial charge in [-0.15, -0.1) is 0 Å². The second-order valence-corrected chi connectivity index (χ2v) is 4.45. The summed E-state index contributed by atoms with van der Waals surface area (Å²) < 4.78 is 4.54. The predicted octanol–water partition coefficient (Wildman–Crippen LogP) is 1.46. The highest BCUT2D eigenvalue weighted by molar-refractivity contribution is 5.66. The predicted molar refractivity (Wildman–Crippen MR) is 59.8 cm³/mol. The molecule has 0 aromatic rings. The number of carbonyl (C=O) groups is 1. The van der Waals surface area contributed by atoms with Crippen molar-refractivity contribution in [3.8, 4) is 0 Å². The van der Waals surface area contributed by atoms with E-state index in [1.54, 1.807) is 0 Å². The quantitative estimate of drug-likeness (QED) is 0.773. The summed E-state index contributed by atoms with van der Waals surface area (Å²) in [6, 6.07) is 0.638. The molecule has 0 atom stereocenters. The molecule has 0 radical (unpaired) electrons. The first kappa shape index (κ1) is 12.3. The van der Waals surface area contributed by atoms with Crippen molar-refractivity contribution in [3.63, 3.8) is 0 Å². The zero-order valence-electron chi connectivity index (χ0n) is 9.95. The molecule has 4 nitrogen and oxygen atoms in total. The van der Waals surface area contributed by atoms with Crippen LogP contribution in [0.25, 0.3) is 0 Å². The molecule has 0 aromatic carbocycles. The van der Waals surface area contributed by atoms with Crippen LogP contribution in [0.4, 0.5) is 4.79 Å². The van der Waals surface area contributed by atoms with Crippen molar-refractivity contribution in [2.75, 3.05) is 26.7 Å². The van der Waals surface area contributed by atoms with E-state index in [1.807, 2.05) is 0 Å². The lowest BCUT2D eigenvalue weighted by Crippen LogP contribution is -2.41. The minimum Gasteiger partial charge on any atom is -0.453 e. The Morgan fingerprint density at radius 1 is 1.47 bits per heavy atom. The minimum absolute atomic E-state index is 0.318. The summed E-state index contributed by atoms with van der Waals surface area (Å²) >= 11 is 0. The van der Waals surface area contributed by atoms with Gasteiger partial charge in [-0.2, -0.15) is 0 Å². The fourth-order valence-electron chi connectivity index (χ4n) is 1.97. The van der Waals surface area contributed by atoms with E-state index in [9.17, 15) is 4.79 Å². The summed E-state index contributed by atoms with van der Waals surface area (Å²) in [5, 5.41) is 2.77. The second-order valence-electron chi connectivity index (χ2n) is 4.45. The van der Waals surface area contributed by atoms with Crippen LogP contribution >= 0.6 is 0 Å². The van der Waals surface area contributed by atoms with Crippen molar-refractivity contribution < 1.29 is 9.53 Å². The van der Waals surface area contributed by atoms with E-state index in [0.29, 0.717) is 12.0 Å². The fraction of sp³-hybridized carbons (Fsp3) is 0.909. The highest BCUT2D eigenvalue weighted by Gasteiger charge is 2.20. The molecular formula is C11H22N2O2. The van der Waals surface area contributed by atoms with Crippen LogP contribution in [0.3, 0.4) is 0 Å². The number of likely N-dealkylation sites (tertiary alicyclic amines) is 1. The van der Waals surface area contributed by atoms with Gasteiger partial charge < -0.3 is 15.0 Å². The minimum atomic E-state index is -0.318.